The minimum atomic E-state index is -0.590. The first-order valence-electron chi connectivity index (χ1n) is 6.78. The van der Waals surface area contributed by atoms with Gasteiger partial charge in [-0.3, -0.25) is 4.79 Å². The van der Waals surface area contributed by atoms with E-state index >= 15 is 0 Å². The first kappa shape index (κ1) is 13.2. The molecule has 0 amide bonds. The molecule has 1 aliphatic carbocycles. The number of nitrogens with one attached hydrogen (secondary N) is 1. The van der Waals surface area contributed by atoms with Crippen LogP contribution in [0.2, 0.25) is 0 Å². The van der Waals surface area contributed by atoms with Gasteiger partial charge in [-0.25, -0.2) is 0 Å². The molecule has 3 nitrogen and oxygen atoms in total. The maximum Gasteiger partial charge on any atom is 0.306 e. The molecule has 4 heteroatoms. The van der Waals surface area contributed by atoms with Crippen molar-refractivity contribution in [2.24, 2.45) is 17.8 Å². The Hall–Kier alpha value is -0.220. The zero-order valence-corrected chi connectivity index (χ0v) is 11.2. The average molecular weight is 257 g/mol. The largest absolute Gasteiger partial charge is 0.481 e. The Morgan fingerprint density at radius 1 is 1.24 bits per heavy atom. The van der Waals surface area contributed by atoms with Crippen molar-refractivity contribution in [2.75, 3.05) is 24.6 Å². The smallest absolute Gasteiger partial charge is 0.306 e. The molecule has 0 bridgehead atoms. The Morgan fingerprint density at radius 2 is 2.06 bits per heavy atom. The van der Waals surface area contributed by atoms with Gasteiger partial charge < -0.3 is 10.4 Å². The molecule has 1 heterocycles. The molecule has 0 radical (unpaired) electrons. The van der Waals surface area contributed by atoms with Gasteiger partial charge in [-0.15, -0.1) is 0 Å². The number of carbonyl (C=O) groups is 1. The van der Waals surface area contributed by atoms with Crippen LogP contribution >= 0.6 is 11.8 Å². The predicted octanol–water partition coefficient (Wildman–Crippen LogP) is 2.22. The van der Waals surface area contributed by atoms with Crippen molar-refractivity contribution < 1.29 is 9.90 Å². The van der Waals surface area contributed by atoms with Crippen molar-refractivity contribution in [3.05, 3.63) is 0 Å². The second-order valence-corrected chi connectivity index (χ2v) is 6.53. The van der Waals surface area contributed by atoms with Gasteiger partial charge >= 0.3 is 5.97 Å². The van der Waals surface area contributed by atoms with Gasteiger partial charge in [0.25, 0.3) is 0 Å². The van der Waals surface area contributed by atoms with Crippen LogP contribution in [0.5, 0.6) is 0 Å². The van der Waals surface area contributed by atoms with E-state index in [9.17, 15) is 9.90 Å². The molecule has 1 aliphatic heterocycles. The Kier molecular flexibility index (Phi) is 5.16. The fraction of sp³-hybridized carbons (Fsp3) is 0.923. The molecule has 17 heavy (non-hydrogen) atoms. The molecular formula is C13H23NO2S. The van der Waals surface area contributed by atoms with Gasteiger partial charge in [-0.2, -0.15) is 11.8 Å². The standard InChI is InChI=1S/C13H23NO2S/c15-13(16)12-4-2-1-3-11(12)8-14-7-10-5-6-17-9-10/h10-12,14H,1-9H2,(H,15,16). The van der Waals surface area contributed by atoms with Crippen LogP contribution in [-0.4, -0.2) is 35.7 Å². The lowest BCUT2D eigenvalue weighted by Crippen LogP contribution is -2.36. The number of carboxylic acids is 1. The Balaban J connectivity index is 1.70. The molecule has 98 valence electrons. The van der Waals surface area contributed by atoms with Crippen molar-refractivity contribution in [1.82, 2.24) is 5.32 Å². The number of carboxylic acid groups (broad SMARTS) is 1. The fourth-order valence-electron chi connectivity index (χ4n) is 2.99. The maximum absolute atomic E-state index is 11.2. The molecule has 2 aliphatic rings. The van der Waals surface area contributed by atoms with Crippen LogP contribution in [0.15, 0.2) is 0 Å². The van der Waals surface area contributed by atoms with Gasteiger partial charge in [0.2, 0.25) is 0 Å². The van der Waals surface area contributed by atoms with E-state index in [1.807, 2.05) is 11.8 Å². The monoisotopic (exact) mass is 257 g/mol. The summed E-state index contributed by atoms with van der Waals surface area (Å²) in [6.45, 7) is 1.98. The first-order chi connectivity index (χ1) is 8.27. The van der Waals surface area contributed by atoms with Gasteiger partial charge in [0.1, 0.15) is 0 Å². The molecule has 3 unspecified atom stereocenters. The van der Waals surface area contributed by atoms with Crippen molar-refractivity contribution >= 4 is 17.7 Å². The summed E-state index contributed by atoms with van der Waals surface area (Å²) in [5.74, 6) is 3.05. The summed E-state index contributed by atoms with van der Waals surface area (Å²) >= 11 is 2.04. The normalized spacial score (nSPS) is 33.8. The number of aliphatic carboxylic acids is 1. The highest BCUT2D eigenvalue weighted by atomic mass is 32.2. The zero-order chi connectivity index (χ0) is 12.1. The van der Waals surface area contributed by atoms with Crippen LogP contribution in [-0.2, 0) is 4.79 Å². The van der Waals surface area contributed by atoms with E-state index in [0.717, 1.165) is 38.3 Å². The third kappa shape index (κ3) is 3.88. The van der Waals surface area contributed by atoms with E-state index < -0.39 is 5.97 Å². The molecular weight excluding hydrogens is 234 g/mol. The summed E-state index contributed by atoms with van der Waals surface area (Å²) in [7, 11) is 0. The summed E-state index contributed by atoms with van der Waals surface area (Å²) in [6.07, 6.45) is 5.58. The summed E-state index contributed by atoms with van der Waals surface area (Å²) in [4.78, 5) is 11.2. The van der Waals surface area contributed by atoms with Crippen LogP contribution in [0.25, 0.3) is 0 Å². The number of hydrogen-bond acceptors (Lipinski definition) is 3. The van der Waals surface area contributed by atoms with E-state index in [1.165, 1.54) is 24.3 Å². The first-order valence-corrected chi connectivity index (χ1v) is 7.94. The Bertz CT molecular complexity index is 254. The minimum Gasteiger partial charge on any atom is -0.481 e. The highest BCUT2D eigenvalue weighted by Crippen LogP contribution is 2.30. The lowest BCUT2D eigenvalue weighted by atomic mass is 9.79. The van der Waals surface area contributed by atoms with Crippen LogP contribution < -0.4 is 5.32 Å². The molecule has 2 rings (SSSR count). The van der Waals surface area contributed by atoms with Crippen molar-refractivity contribution in [1.29, 1.82) is 0 Å². The van der Waals surface area contributed by atoms with Gasteiger partial charge in [-0.1, -0.05) is 12.8 Å². The SMILES string of the molecule is O=C(O)C1CCCCC1CNCC1CCSC1. The number of hydrogen-bond donors (Lipinski definition) is 2. The lowest BCUT2D eigenvalue weighted by Gasteiger charge is -2.29. The molecule has 3 atom stereocenters. The van der Waals surface area contributed by atoms with Crippen LogP contribution in [0.4, 0.5) is 0 Å². The maximum atomic E-state index is 11.2. The van der Waals surface area contributed by atoms with E-state index in [2.05, 4.69) is 5.32 Å². The van der Waals surface area contributed by atoms with Crippen molar-refractivity contribution in [3.63, 3.8) is 0 Å². The summed E-state index contributed by atoms with van der Waals surface area (Å²) in [6, 6.07) is 0. The van der Waals surface area contributed by atoms with E-state index in [-0.39, 0.29) is 5.92 Å². The second kappa shape index (κ2) is 6.64. The quantitative estimate of drug-likeness (QED) is 0.793. The van der Waals surface area contributed by atoms with Crippen LogP contribution in [0, 0.1) is 17.8 Å². The lowest BCUT2D eigenvalue weighted by molar-refractivity contribution is -0.144. The van der Waals surface area contributed by atoms with Gasteiger partial charge in [0.05, 0.1) is 5.92 Å². The molecule has 0 aromatic rings. The topological polar surface area (TPSA) is 49.3 Å². The number of rotatable bonds is 5. The minimum absolute atomic E-state index is 0.103. The summed E-state index contributed by atoms with van der Waals surface area (Å²) in [5.41, 5.74) is 0. The predicted molar refractivity (Wildman–Crippen MR) is 71.4 cm³/mol. The zero-order valence-electron chi connectivity index (χ0n) is 10.4. The van der Waals surface area contributed by atoms with Crippen molar-refractivity contribution in [3.8, 4) is 0 Å². The average Bonchev–Trinajstić information content (AvgIpc) is 2.82. The fourth-order valence-corrected chi connectivity index (χ4v) is 4.28. The van der Waals surface area contributed by atoms with Gasteiger partial charge in [0.15, 0.2) is 0 Å². The van der Waals surface area contributed by atoms with E-state index in [1.54, 1.807) is 0 Å². The molecule has 0 aromatic heterocycles. The van der Waals surface area contributed by atoms with Crippen LogP contribution in [0.1, 0.15) is 32.1 Å². The van der Waals surface area contributed by atoms with Crippen molar-refractivity contribution in [2.45, 2.75) is 32.1 Å². The molecule has 0 spiro atoms. The third-order valence-electron chi connectivity index (χ3n) is 4.09. The van der Waals surface area contributed by atoms with Gasteiger partial charge in [0, 0.05) is 0 Å². The highest BCUT2D eigenvalue weighted by Gasteiger charge is 2.30. The van der Waals surface area contributed by atoms with Gasteiger partial charge in [-0.05, 0) is 55.7 Å². The van der Waals surface area contributed by atoms with E-state index in [4.69, 9.17) is 0 Å². The highest BCUT2D eigenvalue weighted by molar-refractivity contribution is 7.99. The third-order valence-corrected chi connectivity index (χ3v) is 5.32. The summed E-state index contributed by atoms with van der Waals surface area (Å²) < 4.78 is 0. The van der Waals surface area contributed by atoms with Crippen LogP contribution in [0.3, 0.4) is 0 Å². The molecule has 0 aromatic carbocycles. The molecule has 1 saturated heterocycles. The Labute approximate surface area is 108 Å². The number of thioether (sulfide) groups is 1. The second-order valence-electron chi connectivity index (χ2n) is 5.38. The molecule has 2 N–H and O–H groups in total. The summed E-state index contributed by atoms with van der Waals surface area (Å²) in [5, 5.41) is 12.7. The molecule has 1 saturated carbocycles. The Morgan fingerprint density at radius 3 is 2.76 bits per heavy atom. The van der Waals surface area contributed by atoms with E-state index in [0.29, 0.717) is 5.92 Å². The molecule has 2 fully saturated rings.